The number of allylic oxidation sites excluding steroid dienone is 2. The van der Waals surface area contributed by atoms with Crippen LogP contribution in [0.25, 0.3) is 0 Å². The maximum absolute atomic E-state index is 13.6. The van der Waals surface area contributed by atoms with E-state index in [1.54, 1.807) is 31.2 Å². The average molecular weight is 996 g/mol. The van der Waals surface area contributed by atoms with Crippen molar-refractivity contribution in [1.29, 1.82) is 0 Å². The number of quaternary nitrogens is 1. The fourth-order valence-electron chi connectivity index (χ4n) is 13.8. The molecular formula is C54H67N4O12S+. The molecule has 7 atom stereocenters. The molecular weight excluding hydrogens is 929 g/mol. The molecule has 1 spiro atoms. The second-order valence-corrected chi connectivity index (χ2v) is 23.3. The smallest absolute Gasteiger partial charge is 0.340 e. The summed E-state index contributed by atoms with van der Waals surface area (Å²) in [5, 5.41) is 30.7. The van der Waals surface area contributed by atoms with Crippen molar-refractivity contribution in [2.75, 3.05) is 52.1 Å². The van der Waals surface area contributed by atoms with E-state index in [1.165, 1.54) is 35.9 Å². The summed E-state index contributed by atoms with van der Waals surface area (Å²) in [6.07, 6.45) is 12.0. The van der Waals surface area contributed by atoms with Crippen molar-refractivity contribution in [2.45, 2.75) is 97.0 Å². The van der Waals surface area contributed by atoms with Gasteiger partial charge < -0.3 is 39.6 Å². The van der Waals surface area contributed by atoms with Crippen LogP contribution in [0.1, 0.15) is 129 Å². The maximum atomic E-state index is 13.6. The van der Waals surface area contributed by atoms with E-state index in [4.69, 9.17) is 14.3 Å². The third-order valence-corrected chi connectivity index (χ3v) is 18.1. The Hall–Kier alpha value is -5.78. The van der Waals surface area contributed by atoms with Crippen molar-refractivity contribution in [3.63, 3.8) is 0 Å². The zero-order chi connectivity index (χ0) is 50.5. The Morgan fingerprint density at radius 3 is 2.17 bits per heavy atom. The van der Waals surface area contributed by atoms with Crippen LogP contribution in [0.2, 0.25) is 0 Å². The highest BCUT2D eigenvalue weighted by Gasteiger charge is 2.60. The van der Waals surface area contributed by atoms with Crippen molar-refractivity contribution >= 4 is 39.4 Å². The molecule has 6 aliphatic rings. The molecule has 0 radical (unpaired) electrons. The van der Waals surface area contributed by atoms with E-state index < -0.39 is 27.6 Å². The predicted molar refractivity (Wildman–Crippen MR) is 264 cm³/mol. The first-order valence-electron chi connectivity index (χ1n) is 25.2. The number of esters is 1. The molecule has 7 unspecified atom stereocenters. The molecule has 3 aromatic rings. The summed E-state index contributed by atoms with van der Waals surface area (Å²) >= 11 is 0. The average Bonchev–Trinajstić information content (AvgIpc) is 3.82. The number of phenolic OH excluding ortho intramolecular Hbond substituents is 2. The lowest BCUT2D eigenvalue weighted by molar-refractivity contribution is -0.909. The van der Waals surface area contributed by atoms with Crippen LogP contribution in [-0.4, -0.2) is 109 Å². The van der Waals surface area contributed by atoms with E-state index in [9.17, 15) is 42.4 Å². The first kappa shape index (κ1) is 50.2. The van der Waals surface area contributed by atoms with Gasteiger partial charge in [-0.3, -0.25) is 18.9 Å². The highest BCUT2D eigenvalue weighted by molar-refractivity contribution is 7.85. The molecule has 0 saturated heterocycles. The molecule has 17 heteroatoms. The van der Waals surface area contributed by atoms with Crippen LogP contribution in [0.15, 0.2) is 71.4 Å². The summed E-state index contributed by atoms with van der Waals surface area (Å²) in [7, 11) is -2.19. The quantitative estimate of drug-likeness (QED) is 0.0290. The number of nitrogens with zero attached hydrogens (tertiary/aromatic N) is 2. The van der Waals surface area contributed by atoms with Gasteiger partial charge in [0.1, 0.15) is 28.8 Å². The Labute approximate surface area is 415 Å². The number of fused-ring (bicyclic) bond motifs is 11. The zero-order valence-electron chi connectivity index (χ0n) is 41.1. The molecule has 4 aliphatic carbocycles. The Kier molecular flexibility index (Phi) is 13.7. The number of aromatic hydroxyl groups is 2. The molecule has 2 aliphatic heterocycles. The van der Waals surface area contributed by atoms with Gasteiger partial charge in [-0.25, -0.2) is 4.79 Å². The van der Waals surface area contributed by atoms with Gasteiger partial charge in [0.2, 0.25) is 0 Å². The highest BCUT2D eigenvalue weighted by Crippen LogP contribution is 2.67. The minimum Gasteiger partial charge on any atom is -0.508 e. The Morgan fingerprint density at radius 1 is 0.831 bits per heavy atom. The first-order chi connectivity index (χ1) is 33.7. The van der Waals surface area contributed by atoms with Gasteiger partial charge in [0.25, 0.3) is 21.9 Å². The third-order valence-electron chi connectivity index (χ3n) is 17.3. The van der Waals surface area contributed by atoms with Crippen LogP contribution in [0, 0.1) is 34.5 Å². The van der Waals surface area contributed by atoms with Crippen molar-refractivity contribution < 1.29 is 61.2 Å². The molecule has 16 nitrogen and oxygen atoms in total. The van der Waals surface area contributed by atoms with E-state index in [2.05, 4.69) is 35.7 Å². The monoisotopic (exact) mass is 995 g/mol. The van der Waals surface area contributed by atoms with E-state index >= 15 is 0 Å². The fraction of sp³-hybridized carbons (Fsp3) is 0.537. The summed E-state index contributed by atoms with van der Waals surface area (Å²) in [6, 6.07) is 13.7. The molecule has 0 bridgehead atoms. The lowest BCUT2D eigenvalue weighted by Gasteiger charge is -2.58. The summed E-state index contributed by atoms with van der Waals surface area (Å²) in [4.78, 5) is 58.1. The Morgan fingerprint density at radius 2 is 1.49 bits per heavy atom. The Bertz CT molecular complexity index is 2760. The third kappa shape index (κ3) is 9.68. The van der Waals surface area contributed by atoms with E-state index in [1.807, 2.05) is 7.05 Å². The second kappa shape index (κ2) is 19.3. The van der Waals surface area contributed by atoms with Crippen molar-refractivity contribution in [3.8, 4) is 23.0 Å². The number of rotatable bonds is 17. The minimum absolute atomic E-state index is 0.0615. The van der Waals surface area contributed by atoms with Crippen molar-refractivity contribution in [1.82, 2.24) is 10.6 Å². The number of carbonyl (C=O) groups is 4. The number of Topliss-reactive ketones (excluding diaryl/α,β-unsaturated/α-hetero) is 1. The van der Waals surface area contributed by atoms with Gasteiger partial charge in [0, 0.05) is 72.7 Å². The molecule has 380 valence electrons. The lowest BCUT2D eigenvalue weighted by atomic mass is 9.46. The fourth-order valence-corrected chi connectivity index (χ4v) is 14.3. The molecule has 71 heavy (non-hydrogen) atoms. The van der Waals surface area contributed by atoms with Crippen LogP contribution in [0.4, 0.5) is 0 Å². The maximum Gasteiger partial charge on any atom is 0.340 e. The number of phenols is 2. The highest BCUT2D eigenvalue weighted by atomic mass is 32.2. The van der Waals surface area contributed by atoms with Crippen molar-refractivity contribution in [3.05, 3.63) is 94.1 Å². The summed E-state index contributed by atoms with van der Waals surface area (Å²) < 4.78 is 45.2. The second-order valence-electron chi connectivity index (χ2n) is 21.7. The van der Waals surface area contributed by atoms with Crippen LogP contribution >= 0.6 is 0 Å². The topological polar surface area (TPSA) is 227 Å². The minimum atomic E-state index is -4.16. The number of ketones is 1. The Balaban J connectivity index is 0.756. The van der Waals surface area contributed by atoms with Gasteiger partial charge in [-0.15, -0.1) is 0 Å². The van der Waals surface area contributed by atoms with Crippen molar-refractivity contribution in [2.24, 2.45) is 39.7 Å². The summed E-state index contributed by atoms with van der Waals surface area (Å²) in [5.74, 6) is 1.06. The van der Waals surface area contributed by atoms with Gasteiger partial charge in [-0.05, 0) is 129 Å². The van der Waals surface area contributed by atoms with Crippen LogP contribution in [0.5, 0.6) is 23.0 Å². The summed E-state index contributed by atoms with van der Waals surface area (Å²) in [5.41, 5.74) is 2.92. The largest absolute Gasteiger partial charge is 0.508 e. The van der Waals surface area contributed by atoms with Gasteiger partial charge >= 0.3 is 5.97 Å². The normalized spacial score (nSPS) is 27.0. The van der Waals surface area contributed by atoms with Crippen LogP contribution < -0.4 is 15.4 Å². The standard InChI is InChI=1S/C54H66N4O12S/c1-33(59)41-16-17-42-39-12-9-35-29-36(18-20-52(35,2)43(39)19-21-53(41,42)3)57-68-32-49(62)55-22-5-24-58(4,26-7-27-71(65,66)67)25-6-23-56-50(63)34-8-13-44-40(28-34)51(64)70-54(44)45-14-10-37(60)30-47(45)69-48-31-38(61)11-15-46(48)54/h8,10-11,13-15,28-31,39,41-43H,5-7,9,12,16-27,32H2,1-4H3,(H4-,55,56,60,61,62,63,65,66,67)/p+1/b57-36-. The molecule has 3 aromatic carbocycles. The number of benzene rings is 3. The van der Waals surface area contributed by atoms with Gasteiger partial charge in [-0.1, -0.05) is 30.6 Å². The molecule has 5 N–H and O–H groups in total. The molecule has 3 fully saturated rings. The van der Waals surface area contributed by atoms with E-state index in [-0.39, 0.29) is 82.1 Å². The SMILES string of the molecule is CC(=O)C1CCC2C3CCC4=C/C(=N\OCC(=O)NCCC[N+](C)(CCCNC(=O)c5ccc6c(c5)C(=O)OC65c6ccc(O)cc6Oc6cc(O)ccc65)CCCS(=O)(=O)O)CCC4(C)C3CCC12C. The number of hydrogen-bond donors (Lipinski definition) is 5. The summed E-state index contributed by atoms with van der Waals surface area (Å²) in [6.45, 7) is 8.59. The molecule has 3 saturated carbocycles. The number of amides is 2. The van der Waals surface area contributed by atoms with Gasteiger partial charge in [-0.2, -0.15) is 8.42 Å². The number of nitrogens with one attached hydrogen (secondary N) is 2. The van der Waals surface area contributed by atoms with E-state index in [0.717, 1.165) is 57.1 Å². The number of ether oxygens (including phenoxy) is 2. The van der Waals surface area contributed by atoms with Crippen LogP contribution in [-0.2, 0) is 34.9 Å². The van der Waals surface area contributed by atoms with Crippen LogP contribution in [0.3, 0.4) is 0 Å². The molecule has 0 aromatic heterocycles. The molecule has 9 rings (SSSR count). The number of hydrogen-bond acceptors (Lipinski definition) is 12. The zero-order valence-corrected chi connectivity index (χ0v) is 41.9. The molecule has 2 heterocycles. The first-order valence-corrected chi connectivity index (χ1v) is 26.8. The predicted octanol–water partition coefficient (Wildman–Crippen LogP) is 7.56. The number of oxime groups is 1. The van der Waals surface area contributed by atoms with E-state index in [0.29, 0.717) is 83.7 Å². The number of carbonyl (C=O) groups excluding carboxylic acids is 4. The van der Waals surface area contributed by atoms with Gasteiger partial charge in [0.15, 0.2) is 12.2 Å². The lowest BCUT2D eigenvalue weighted by Crippen LogP contribution is -2.51. The molecule has 2 amide bonds. The van der Waals surface area contributed by atoms with Gasteiger partial charge in [0.05, 0.1) is 43.7 Å².